The number of carbonyl (C=O) groups excluding carboxylic acids is 2. The molecule has 0 spiro atoms. The minimum absolute atomic E-state index is 0.177. The van der Waals surface area contributed by atoms with Gasteiger partial charge in [0, 0.05) is 30.1 Å². The molecular formula is C24H26ClNO2. The van der Waals surface area contributed by atoms with Crippen LogP contribution >= 0.6 is 11.6 Å². The first kappa shape index (κ1) is 19.2. The van der Waals surface area contributed by atoms with E-state index in [2.05, 4.69) is 0 Å². The van der Waals surface area contributed by atoms with Crippen molar-refractivity contribution in [3.05, 3.63) is 70.7 Å². The summed E-state index contributed by atoms with van der Waals surface area (Å²) in [4.78, 5) is 28.1. The van der Waals surface area contributed by atoms with Gasteiger partial charge >= 0.3 is 0 Å². The molecule has 0 bridgehead atoms. The summed E-state index contributed by atoms with van der Waals surface area (Å²) in [5.41, 5.74) is 1.45. The average Bonchev–Trinajstić information content (AvgIpc) is 2.69. The number of nitrogens with zero attached hydrogens (tertiary/aromatic N) is 1. The first-order chi connectivity index (χ1) is 13.6. The van der Waals surface area contributed by atoms with Crippen LogP contribution in [0.3, 0.4) is 0 Å². The quantitative estimate of drug-likeness (QED) is 0.646. The Hall–Kier alpha value is -2.13. The second-order valence-corrected chi connectivity index (χ2v) is 8.63. The van der Waals surface area contributed by atoms with Gasteiger partial charge in [-0.2, -0.15) is 0 Å². The number of carbonyl (C=O) groups is 2. The maximum atomic E-state index is 13.5. The van der Waals surface area contributed by atoms with E-state index in [4.69, 9.17) is 11.6 Å². The normalized spacial score (nSPS) is 21.0. The molecule has 0 unspecified atom stereocenters. The summed E-state index contributed by atoms with van der Waals surface area (Å²) in [7, 11) is 0. The zero-order valence-electron chi connectivity index (χ0n) is 16.1. The zero-order chi connectivity index (χ0) is 19.6. The van der Waals surface area contributed by atoms with E-state index in [1.807, 2.05) is 59.5 Å². The van der Waals surface area contributed by atoms with Crippen molar-refractivity contribution >= 4 is 23.3 Å². The molecule has 1 saturated carbocycles. The summed E-state index contributed by atoms with van der Waals surface area (Å²) >= 11 is 6.04. The summed E-state index contributed by atoms with van der Waals surface area (Å²) in [6.07, 6.45) is 5.38. The molecule has 3 nitrogen and oxygen atoms in total. The van der Waals surface area contributed by atoms with E-state index in [0.29, 0.717) is 18.0 Å². The number of benzene rings is 2. The van der Waals surface area contributed by atoms with Crippen LogP contribution in [0.1, 0.15) is 54.4 Å². The number of amides is 1. The summed E-state index contributed by atoms with van der Waals surface area (Å²) in [5.74, 6) is 0.654. The molecule has 0 radical (unpaired) electrons. The highest BCUT2D eigenvalue weighted by Crippen LogP contribution is 2.46. The van der Waals surface area contributed by atoms with Crippen LogP contribution < -0.4 is 0 Å². The van der Waals surface area contributed by atoms with Gasteiger partial charge in [0.05, 0.1) is 5.41 Å². The Balaban J connectivity index is 1.45. The van der Waals surface area contributed by atoms with Crippen molar-refractivity contribution in [1.29, 1.82) is 0 Å². The largest absolute Gasteiger partial charge is 0.342 e. The molecule has 1 aliphatic heterocycles. The van der Waals surface area contributed by atoms with E-state index in [1.165, 1.54) is 0 Å². The van der Waals surface area contributed by atoms with Gasteiger partial charge in [-0.25, -0.2) is 0 Å². The van der Waals surface area contributed by atoms with Gasteiger partial charge in [-0.15, -0.1) is 0 Å². The summed E-state index contributed by atoms with van der Waals surface area (Å²) < 4.78 is 0. The van der Waals surface area contributed by atoms with Crippen molar-refractivity contribution in [3.63, 3.8) is 0 Å². The highest BCUT2D eigenvalue weighted by atomic mass is 35.5. The molecule has 1 amide bonds. The number of likely N-dealkylation sites (tertiary alicyclic amines) is 1. The fraction of sp³-hybridized carbons (Fsp3) is 0.417. The lowest BCUT2D eigenvalue weighted by molar-refractivity contribution is -0.142. The number of ketones is 1. The van der Waals surface area contributed by atoms with E-state index < -0.39 is 5.41 Å². The van der Waals surface area contributed by atoms with Crippen LogP contribution in [0.5, 0.6) is 0 Å². The zero-order valence-corrected chi connectivity index (χ0v) is 16.8. The second kappa shape index (κ2) is 8.08. The maximum absolute atomic E-state index is 13.5. The molecule has 2 aromatic carbocycles. The van der Waals surface area contributed by atoms with Crippen molar-refractivity contribution in [2.24, 2.45) is 5.92 Å². The monoisotopic (exact) mass is 395 g/mol. The van der Waals surface area contributed by atoms with Crippen molar-refractivity contribution in [3.8, 4) is 0 Å². The number of hydrogen-bond acceptors (Lipinski definition) is 2. The summed E-state index contributed by atoms with van der Waals surface area (Å²) in [6.45, 7) is 1.48. The Bertz CT molecular complexity index is 843. The molecule has 0 aromatic heterocycles. The fourth-order valence-corrected chi connectivity index (χ4v) is 4.77. The Labute approximate surface area is 171 Å². The molecule has 1 atom stereocenters. The Kier molecular flexibility index (Phi) is 5.54. The third-order valence-corrected chi connectivity index (χ3v) is 6.64. The van der Waals surface area contributed by atoms with Gasteiger partial charge in [0.1, 0.15) is 0 Å². The highest BCUT2D eigenvalue weighted by molar-refractivity contribution is 6.30. The molecule has 146 valence electrons. The SMILES string of the molecule is O=C(C[C@@H]1CCCN(C(=O)C2(c3ccc(Cl)cc3)CCC2)C1)c1ccccc1. The van der Waals surface area contributed by atoms with Crippen LogP contribution in [0.25, 0.3) is 0 Å². The van der Waals surface area contributed by atoms with Crippen LogP contribution in [0.2, 0.25) is 5.02 Å². The van der Waals surface area contributed by atoms with Crippen molar-refractivity contribution in [1.82, 2.24) is 4.90 Å². The fourth-order valence-electron chi connectivity index (χ4n) is 4.65. The summed E-state index contributed by atoms with van der Waals surface area (Å²) in [6, 6.07) is 17.2. The molecule has 0 N–H and O–H groups in total. The minimum Gasteiger partial charge on any atom is -0.342 e. The lowest BCUT2D eigenvalue weighted by atomic mass is 9.63. The van der Waals surface area contributed by atoms with Crippen molar-refractivity contribution < 1.29 is 9.59 Å². The summed E-state index contributed by atoms with van der Waals surface area (Å²) in [5, 5.41) is 0.697. The molecule has 2 aromatic rings. The molecule has 2 aliphatic rings. The standard InChI is InChI=1S/C24H26ClNO2/c25-21-11-9-20(10-12-21)24(13-5-14-24)23(28)26-15-4-6-18(17-26)16-22(27)19-7-2-1-3-8-19/h1-3,7-12,18H,4-6,13-17H2/t18-/m0/s1. The predicted octanol–water partition coefficient (Wildman–Crippen LogP) is 5.27. The lowest BCUT2D eigenvalue weighted by Crippen LogP contribution is -2.53. The lowest BCUT2D eigenvalue weighted by Gasteiger charge is -2.46. The van der Waals surface area contributed by atoms with E-state index >= 15 is 0 Å². The number of piperidine rings is 1. The number of rotatable bonds is 5. The first-order valence-corrected chi connectivity index (χ1v) is 10.6. The van der Waals surface area contributed by atoms with Crippen LogP contribution in [0.15, 0.2) is 54.6 Å². The molecule has 1 heterocycles. The van der Waals surface area contributed by atoms with E-state index in [0.717, 1.165) is 49.8 Å². The van der Waals surface area contributed by atoms with Crippen molar-refractivity contribution in [2.75, 3.05) is 13.1 Å². The molecule has 4 heteroatoms. The molecule has 1 saturated heterocycles. The van der Waals surface area contributed by atoms with Crippen LogP contribution in [0, 0.1) is 5.92 Å². The van der Waals surface area contributed by atoms with E-state index in [-0.39, 0.29) is 17.6 Å². The predicted molar refractivity (Wildman–Crippen MR) is 112 cm³/mol. The third-order valence-electron chi connectivity index (χ3n) is 6.39. The first-order valence-electron chi connectivity index (χ1n) is 10.2. The molecule has 1 aliphatic carbocycles. The second-order valence-electron chi connectivity index (χ2n) is 8.20. The number of Topliss-reactive ketones (excluding diaryl/α,β-unsaturated/α-hetero) is 1. The Morgan fingerprint density at radius 3 is 2.36 bits per heavy atom. The smallest absolute Gasteiger partial charge is 0.233 e. The van der Waals surface area contributed by atoms with Gasteiger partial charge in [0.2, 0.25) is 5.91 Å². The van der Waals surface area contributed by atoms with Gasteiger partial charge in [-0.1, -0.05) is 60.5 Å². The average molecular weight is 396 g/mol. The van der Waals surface area contributed by atoms with Gasteiger partial charge in [0.15, 0.2) is 5.78 Å². The minimum atomic E-state index is -0.393. The van der Waals surface area contributed by atoms with E-state index in [1.54, 1.807) is 0 Å². The topological polar surface area (TPSA) is 37.4 Å². The van der Waals surface area contributed by atoms with Gasteiger partial charge < -0.3 is 4.90 Å². The van der Waals surface area contributed by atoms with Crippen molar-refractivity contribution in [2.45, 2.75) is 43.9 Å². The third kappa shape index (κ3) is 3.73. The Morgan fingerprint density at radius 1 is 1.00 bits per heavy atom. The molecule has 4 rings (SSSR count). The van der Waals surface area contributed by atoms with Crippen LogP contribution in [-0.4, -0.2) is 29.7 Å². The molecule has 2 fully saturated rings. The van der Waals surface area contributed by atoms with Gasteiger partial charge in [-0.3, -0.25) is 9.59 Å². The number of halogens is 1. The molecule has 28 heavy (non-hydrogen) atoms. The van der Waals surface area contributed by atoms with Crippen LogP contribution in [0.4, 0.5) is 0 Å². The van der Waals surface area contributed by atoms with Gasteiger partial charge in [0.25, 0.3) is 0 Å². The maximum Gasteiger partial charge on any atom is 0.233 e. The van der Waals surface area contributed by atoms with Crippen LogP contribution in [-0.2, 0) is 10.2 Å². The number of hydrogen-bond donors (Lipinski definition) is 0. The highest BCUT2D eigenvalue weighted by Gasteiger charge is 2.48. The Morgan fingerprint density at radius 2 is 1.71 bits per heavy atom. The van der Waals surface area contributed by atoms with E-state index in [9.17, 15) is 9.59 Å². The molecular weight excluding hydrogens is 370 g/mol. The van der Waals surface area contributed by atoms with Gasteiger partial charge in [-0.05, 0) is 49.3 Å².